The van der Waals surface area contributed by atoms with Crippen LogP contribution in [0, 0.1) is 0 Å². The highest BCUT2D eigenvalue weighted by atomic mass is 32.2. The third kappa shape index (κ3) is 6.02. The normalized spacial score (nSPS) is 13.5. The molecule has 160 valence electrons. The Labute approximate surface area is 188 Å². The van der Waals surface area contributed by atoms with E-state index in [4.69, 9.17) is 4.74 Å². The Bertz CT molecular complexity index is 1020. The molecule has 3 rings (SSSR count). The van der Waals surface area contributed by atoms with E-state index in [-0.39, 0.29) is 0 Å². The molecular formula is C27H28O3S. The molecule has 0 saturated carbocycles. The van der Waals surface area contributed by atoms with Gasteiger partial charge < -0.3 is 9.84 Å². The van der Waals surface area contributed by atoms with Crippen LogP contribution in [0.15, 0.2) is 89.8 Å². The molecule has 3 aromatic carbocycles. The van der Waals surface area contributed by atoms with Crippen molar-refractivity contribution in [1.29, 1.82) is 0 Å². The van der Waals surface area contributed by atoms with Gasteiger partial charge in [0.25, 0.3) is 0 Å². The quantitative estimate of drug-likeness (QED) is 0.364. The van der Waals surface area contributed by atoms with E-state index in [1.807, 2.05) is 49.4 Å². The molecule has 0 fully saturated rings. The minimum atomic E-state index is -0.821. The van der Waals surface area contributed by atoms with E-state index in [2.05, 4.69) is 49.4 Å². The van der Waals surface area contributed by atoms with Crippen molar-refractivity contribution in [2.24, 2.45) is 0 Å². The zero-order valence-electron chi connectivity index (χ0n) is 18.2. The van der Waals surface area contributed by atoms with Gasteiger partial charge in [-0.15, -0.1) is 11.8 Å². The topological polar surface area (TPSA) is 46.5 Å². The summed E-state index contributed by atoms with van der Waals surface area (Å²) in [7, 11) is 0. The first kappa shape index (κ1) is 22.7. The molecule has 1 N–H and O–H groups in total. The molecule has 0 radical (unpaired) electrons. The molecule has 31 heavy (non-hydrogen) atoms. The Balaban J connectivity index is 1.57. The Morgan fingerprint density at radius 2 is 1.58 bits per heavy atom. The molecule has 1 unspecified atom stereocenters. The van der Waals surface area contributed by atoms with Gasteiger partial charge in [-0.05, 0) is 72.9 Å². The number of carboxylic acid groups (broad SMARTS) is 1. The number of carboxylic acids is 1. The summed E-state index contributed by atoms with van der Waals surface area (Å²) >= 11 is 1.37. The fraction of sp³-hybridized carbons (Fsp3) is 0.222. The summed E-state index contributed by atoms with van der Waals surface area (Å²) in [5, 5.41) is 9.43. The van der Waals surface area contributed by atoms with Crippen LogP contribution >= 0.6 is 11.8 Å². The first-order valence-corrected chi connectivity index (χ1v) is 11.2. The number of carbonyl (C=O) groups is 1. The summed E-state index contributed by atoms with van der Waals surface area (Å²) in [4.78, 5) is 12.4. The Kier molecular flexibility index (Phi) is 7.59. The summed E-state index contributed by atoms with van der Waals surface area (Å²) in [5.41, 5.74) is 4.74. The molecule has 0 amide bonds. The van der Waals surface area contributed by atoms with E-state index in [1.54, 1.807) is 6.92 Å². The average molecular weight is 433 g/mol. The molecular weight excluding hydrogens is 404 g/mol. The highest BCUT2D eigenvalue weighted by molar-refractivity contribution is 8.01. The molecule has 0 aliphatic carbocycles. The van der Waals surface area contributed by atoms with Gasteiger partial charge in [0.1, 0.15) is 17.1 Å². The summed E-state index contributed by atoms with van der Waals surface area (Å²) in [6.45, 7) is 6.20. The zero-order chi connectivity index (χ0) is 22.3. The third-order valence-corrected chi connectivity index (χ3v) is 6.80. The number of hydrogen-bond acceptors (Lipinski definition) is 3. The fourth-order valence-corrected chi connectivity index (χ4v) is 4.09. The zero-order valence-corrected chi connectivity index (χ0v) is 19.0. The summed E-state index contributed by atoms with van der Waals surface area (Å²) in [5.74, 6) is -0.0286. The van der Waals surface area contributed by atoms with Gasteiger partial charge in [-0.25, -0.2) is 0 Å². The number of ether oxygens (including phenoxy) is 1. The lowest BCUT2D eigenvalue weighted by Crippen LogP contribution is -2.30. The molecule has 0 aromatic heterocycles. The second-order valence-corrected chi connectivity index (χ2v) is 9.18. The van der Waals surface area contributed by atoms with E-state index in [1.165, 1.54) is 28.5 Å². The molecule has 1 atom stereocenters. The Hall–Kier alpha value is -2.98. The van der Waals surface area contributed by atoms with Crippen LogP contribution in [-0.4, -0.2) is 22.4 Å². The number of thioether (sulfide) groups is 1. The minimum absolute atomic E-state index is 0.473. The van der Waals surface area contributed by atoms with Crippen LogP contribution in [0.5, 0.6) is 5.75 Å². The van der Waals surface area contributed by atoms with Crippen LogP contribution < -0.4 is 4.74 Å². The number of rotatable bonds is 9. The highest BCUT2D eigenvalue weighted by Gasteiger charge is 2.32. The van der Waals surface area contributed by atoms with Crippen molar-refractivity contribution in [3.05, 3.63) is 90.5 Å². The summed E-state index contributed by atoms with van der Waals surface area (Å²) in [6.07, 6.45) is 2.63. The second kappa shape index (κ2) is 10.4. The van der Waals surface area contributed by atoms with Crippen molar-refractivity contribution >= 4 is 23.3 Å². The third-order valence-electron chi connectivity index (χ3n) is 5.38. The lowest BCUT2D eigenvalue weighted by atomic mass is 10.0. The Morgan fingerprint density at radius 1 is 0.968 bits per heavy atom. The molecule has 3 aromatic rings. The molecule has 4 heteroatoms. The number of benzene rings is 3. The van der Waals surface area contributed by atoms with Crippen molar-refractivity contribution in [2.45, 2.75) is 36.8 Å². The first-order valence-electron chi connectivity index (χ1n) is 10.4. The minimum Gasteiger partial charge on any atom is -0.490 e. The van der Waals surface area contributed by atoms with E-state index < -0.39 is 10.7 Å². The van der Waals surface area contributed by atoms with Crippen LogP contribution in [0.25, 0.3) is 16.7 Å². The highest BCUT2D eigenvalue weighted by Crippen LogP contribution is 2.36. The Morgan fingerprint density at radius 3 is 2.16 bits per heavy atom. The SMILES string of the molecule is CCC(C)(Sc1ccc(OCC=C(C)c2ccc(-c3ccccc3)cc2)cc1)C(=O)O. The molecule has 0 spiro atoms. The fourth-order valence-electron chi connectivity index (χ4n) is 3.07. The van der Waals surface area contributed by atoms with Gasteiger partial charge in [0.2, 0.25) is 0 Å². The summed E-state index contributed by atoms with van der Waals surface area (Å²) < 4.78 is 5.03. The van der Waals surface area contributed by atoms with Crippen molar-refractivity contribution < 1.29 is 14.6 Å². The number of hydrogen-bond donors (Lipinski definition) is 1. The first-order chi connectivity index (χ1) is 14.9. The summed E-state index contributed by atoms with van der Waals surface area (Å²) in [6, 6.07) is 26.5. The number of allylic oxidation sites excluding steroid dienone is 1. The molecule has 0 aliphatic heterocycles. The van der Waals surface area contributed by atoms with Crippen LogP contribution in [0.1, 0.15) is 32.8 Å². The van der Waals surface area contributed by atoms with Crippen LogP contribution in [-0.2, 0) is 4.79 Å². The maximum absolute atomic E-state index is 11.5. The molecule has 0 heterocycles. The van der Waals surface area contributed by atoms with Gasteiger partial charge in [0.05, 0.1) is 0 Å². The van der Waals surface area contributed by atoms with E-state index in [9.17, 15) is 9.90 Å². The van der Waals surface area contributed by atoms with E-state index in [0.717, 1.165) is 16.2 Å². The average Bonchev–Trinajstić information content (AvgIpc) is 2.80. The van der Waals surface area contributed by atoms with Crippen LogP contribution in [0.4, 0.5) is 0 Å². The van der Waals surface area contributed by atoms with E-state index >= 15 is 0 Å². The van der Waals surface area contributed by atoms with Gasteiger partial charge >= 0.3 is 5.97 Å². The number of aliphatic carboxylic acids is 1. The van der Waals surface area contributed by atoms with Crippen LogP contribution in [0.3, 0.4) is 0 Å². The van der Waals surface area contributed by atoms with Gasteiger partial charge in [0.15, 0.2) is 0 Å². The standard InChI is InChI=1S/C27H28O3S/c1-4-27(3,26(28)29)31-25-16-14-24(15-17-25)30-19-18-20(2)21-10-12-23(13-11-21)22-8-6-5-7-9-22/h5-18H,4,19H2,1-3H3,(H,28,29). The van der Waals surface area contributed by atoms with Gasteiger partial charge in [0, 0.05) is 4.90 Å². The van der Waals surface area contributed by atoms with Gasteiger partial charge in [-0.2, -0.15) is 0 Å². The van der Waals surface area contributed by atoms with Crippen molar-refractivity contribution in [2.75, 3.05) is 6.61 Å². The second-order valence-electron chi connectivity index (χ2n) is 7.60. The molecule has 3 nitrogen and oxygen atoms in total. The lowest BCUT2D eigenvalue weighted by molar-refractivity contribution is -0.139. The van der Waals surface area contributed by atoms with Crippen molar-refractivity contribution in [1.82, 2.24) is 0 Å². The van der Waals surface area contributed by atoms with Gasteiger partial charge in [-0.3, -0.25) is 4.79 Å². The lowest BCUT2D eigenvalue weighted by Gasteiger charge is -2.22. The largest absolute Gasteiger partial charge is 0.490 e. The smallest absolute Gasteiger partial charge is 0.319 e. The van der Waals surface area contributed by atoms with Crippen molar-refractivity contribution in [3.63, 3.8) is 0 Å². The maximum Gasteiger partial charge on any atom is 0.319 e. The van der Waals surface area contributed by atoms with Gasteiger partial charge in [-0.1, -0.05) is 61.5 Å². The monoisotopic (exact) mass is 432 g/mol. The van der Waals surface area contributed by atoms with E-state index in [0.29, 0.717) is 13.0 Å². The molecule has 0 bridgehead atoms. The molecule has 0 aliphatic rings. The predicted octanol–water partition coefficient (Wildman–Crippen LogP) is 7.18. The molecule has 0 saturated heterocycles. The van der Waals surface area contributed by atoms with Crippen LogP contribution in [0.2, 0.25) is 0 Å². The van der Waals surface area contributed by atoms with Crippen molar-refractivity contribution in [3.8, 4) is 16.9 Å². The maximum atomic E-state index is 11.5. The predicted molar refractivity (Wildman–Crippen MR) is 130 cm³/mol.